The molecular weight excluding hydrogens is 312 g/mol. The van der Waals surface area contributed by atoms with Gasteiger partial charge in [0.1, 0.15) is 11.4 Å². The van der Waals surface area contributed by atoms with Gasteiger partial charge in [-0.3, -0.25) is 4.90 Å². The van der Waals surface area contributed by atoms with Crippen molar-refractivity contribution in [1.82, 2.24) is 29.8 Å². The minimum atomic E-state index is -0.635. The van der Waals surface area contributed by atoms with Crippen LogP contribution >= 0.6 is 0 Å². The standard InChI is InChI=1S/C15H20N6O3/c1-4-19(12-8-6-5-7-9-12)14(22)21-15(23)20(17-18-21)13-10(2)16-24-11(13)3/h8H,4-7,9H2,1-3H3. The molecule has 0 N–H and O–H groups in total. The zero-order chi connectivity index (χ0) is 17.3. The van der Waals surface area contributed by atoms with Crippen molar-refractivity contribution >= 4 is 6.03 Å². The molecule has 3 rings (SSSR count). The van der Waals surface area contributed by atoms with Crippen molar-refractivity contribution in [3.05, 3.63) is 33.7 Å². The number of nitrogens with zero attached hydrogens (tertiary/aromatic N) is 6. The van der Waals surface area contributed by atoms with Crippen molar-refractivity contribution < 1.29 is 9.32 Å². The highest BCUT2D eigenvalue weighted by atomic mass is 16.5. The predicted molar refractivity (Wildman–Crippen MR) is 84.9 cm³/mol. The van der Waals surface area contributed by atoms with Crippen LogP contribution in [0.1, 0.15) is 44.1 Å². The van der Waals surface area contributed by atoms with Crippen molar-refractivity contribution in [3.8, 4) is 5.69 Å². The first-order chi connectivity index (χ1) is 11.5. The van der Waals surface area contributed by atoms with Crippen LogP contribution in [0.5, 0.6) is 0 Å². The van der Waals surface area contributed by atoms with Gasteiger partial charge in [-0.1, -0.05) is 11.2 Å². The number of carbonyl (C=O) groups is 1. The molecule has 0 saturated heterocycles. The molecule has 0 radical (unpaired) electrons. The lowest BCUT2D eigenvalue weighted by atomic mass is 10.0. The Morgan fingerprint density at radius 2 is 2.12 bits per heavy atom. The van der Waals surface area contributed by atoms with Crippen LogP contribution in [0, 0.1) is 13.8 Å². The van der Waals surface area contributed by atoms with Crippen LogP contribution < -0.4 is 5.69 Å². The lowest BCUT2D eigenvalue weighted by Gasteiger charge is -2.25. The van der Waals surface area contributed by atoms with Crippen LogP contribution in [0.4, 0.5) is 4.79 Å². The molecule has 9 heteroatoms. The normalized spacial score (nSPS) is 14.5. The van der Waals surface area contributed by atoms with Crippen molar-refractivity contribution in [1.29, 1.82) is 0 Å². The van der Waals surface area contributed by atoms with Gasteiger partial charge in [0.05, 0.1) is 0 Å². The zero-order valence-electron chi connectivity index (χ0n) is 14.0. The fraction of sp³-hybridized carbons (Fsp3) is 0.533. The summed E-state index contributed by atoms with van der Waals surface area (Å²) >= 11 is 0. The predicted octanol–water partition coefficient (Wildman–Crippen LogP) is 1.78. The molecule has 0 unspecified atom stereocenters. The molecule has 0 aromatic carbocycles. The van der Waals surface area contributed by atoms with Crippen molar-refractivity contribution in [2.45, 2.75) is 46.5 Å². The molecule has 2 heterocycles. The number of tetrazole rings is 1. The average molecular weight is 332 g/mol. The van der Waals surface area contributed by atoms with Crippen LogP contribution in [-0.4, -0.2) is 42.4 Å². The van der Waals surface area contributed by atoms with Gasteiger partial charge in [0.2, 0.25) is 0 Å². The van der Waals surface area contributed by atoms with Crippen molar-refractivity contribution in [3.63, 3.8) is 0 Å². The van der Waals surface area contributed by atoms with E-state index in [-0.39, 0.29) is 0 Å². The molecule has 0 bridgehead atoms. The second-order valence-corrected chi connectivity index (χ2v) is 5.73. The maximum absolute atomic E-state index is 12.7. The number of aryl methyl sites for hydroxylation is 2. The lowest BCUT2D eigenvalue weighted by molar-refractivity contribution is 0.207. The summed E-state index contributed by atoms with van der Waals surface area (Å²) in [4.78, 5) is 26.9. The second kappa shape index (κ2) is 6.42. The molecule has 0 atom stereocenters. The summed E-state index contributed by atoms with van der Waals surface area (Å²) in [5.74, 6) is 0.441. The maximum atomic E-state index is 12.7. The molecule has 1 aliphatic carbocycles. The third-order valence-electron chi connectivity index (χ3n) is 4.13. The Bertz CT molecular complexity index is 824. The molecule has 128 valence electrons. The van der Waals surface area contributed by atoms with Crippen LogP contribution in [0.15, 0.2) is 21.1 Å². The highest BCUT2D eigenvalue weighted by molar-refractivity contribution is 5.77. The van der Waals surface area contributed by atoms with E-state index < -0.39 is 11.7 Å². The maximum Gasteiger partial charge on any atom is 0.377 e. The molecule has 24 heavy (non-hydrogen) atoms. The van der Waals surface area contributed by atoms with E-state index in [2.05, 4.69) is 21.7 Å². The number of hydrogen-bond acceptors (Lipinski definition) is 6. The van der Waals surface area contributed by atoms with Crippen LogP contribution in [0.3, 0.4) is 0 Å². The van der Waals surface area contributed by atoms with E-state index in [0.29, 0.717) is 23.7 Å². The number of hydrogen-bond donors (Lipinski definition) is 0. The van der Waals surface area contributed by atoms with Crippen LogP contribution in [-0.2, 0) is 0 Å². The van der Waals surface area contributed by atoms with Gasteiger partial charge >= 0.3 is 11.7 Å². The summed E-state index contributed by atoms with van der Waals surface area (Å²) in [6, 6.07) is -0.492. The first-order valence-electron chi connectivity index (χ1n) is 8.03. The summed E-state index contributed by atoms with van der Waals surface area (Å²) < 4.78 is 6.87. The van der Waals surface area contributed by atoms with Gasteiger partial charge in [-0.05, 0) is 56.9 Å². The van der Waals surface area contributed by atoms with Gasteiger partial charge in [0, 0.05) is 12.2 Å². The molecule has 0 saturated carbocycles. The van der Waals surface area contributed by atoms with E-state index in [0.717, 1.165) is 40.7 Å². The number of rotatable bonds is 3. The Kier molecular flexibility index (Phi) is 4.32. The number of amides is 1. The summed E-state index contributed by atoms with van der Waals surface area (Å²) in [7, 11) is 0. The monoisotopic (exact) mass is 332 g/mol. The summed E-state index contributed by atoms with van der Waals surface area (Å²) in [6.45, 7) is 5.71. The molecule has 2 aromatic rings. The molecule has 0 aliphatic heterocycles. The quantitative estimate of drug-likeness (QED) is 0.794. The van der Waals surface area contributed by atoms with Gasteiger partial charge in [0.15, 0.2) is 5.76 Å². The van der Waals surface area contributed by atoms with E-state index in [9.17, 15) is 9.59 Å². The van der Waals surface area contributed by atoms with Gasteiger partial charge in [-0.15, -0.1) is 4.68 Å². The first-order valence-corrected chi connectivity index (χ1v) is 8.03. The molecule has 9 nitrogen and oxygen atoms in total. The SMILES string of the molecule is CCN(C(=O)n1nnn(-c2c(C)noc2C)c1=O)C1=CCCCC1. The fourth-order valence-electron chi connectivity index (χ4n) is 2.93. The Morgan fingerprint density at radius 1 is 1.33 bits per heavy atom. The largest absolute Gasteiger partial charge is 0.377 e. The van der Waals surface area contributed by atoms with E-state index in [1.165, 1.54) is 0 Å². The topological polar surface area (TPSA) is 99.1 Å². The van der Waals surface area contributed by atoms with Gasteiger partial charge in [-0.25, -0.2) is 9.59 Å². The zero-order valence-corrected chi connectivity index (χ0v) is 14.0. The Morgan fingerprint density at radius 3 is 2.71 bits per heavy atom. The molecule has 0 spiro atoms. The number of allylic oxidation sites excluding steroid dienone is 2. The summed E-state index contributed by atoms with van der Waals surface area (Å²) in [6.07, 6.45) is 5.98. The molecule has 1 amide bonds. The molecule has 1 aliphatic rings. The summed E-state index contributed by atoms with van der Waals surface area (Å²) in [5, 5.41) is 11.4. The van der Waals surface area contributed by atoms with Gasteiger partial charge < -0.3 is 4.52 Å². The molecule has 0 fully saturated rings. The minimum absolute atomic E-state index is 0.416. The highest BCUT2D eigenvalue weighted by Crippen LogP contribution is 2.21. The van der Waals surface area contributed by atoms with E-state index >= 15 is 0 Å². The second-order valence-electron chi connectivity index (χ2n) is 5.73. The third kappa shape index (κ3) is 2.66. The molecular formula is C15H20N6O3. The minimum Gasteiger partial charge on any atom is -0.359 e. The van der Waals surface area contributed by atoms with E-state index in [4.69, 9.17) is 4.52 Å². The lowest BCUT2D eigenvalue weighted by Crippen LogP contribution is -2.40. The summed E-state index contributed by atoms with van der Waals surface area (Å²) in [5.41, 5.74) is 1.23. The highest BCUT2D eigenvalue weighted by Gasteiger charge is 2.25. The van der Waals surface area contributed by atoms with Crippen LogP contribution in [0.25, 0.3) is 5.69 Å². The Labute approximate surface area is 138 Å². The van der Waals surface area contributed by atoms with Crippen LogP contribution in [0.2, 0.25) is 0 Å². The van der Waals surface area contributed by atoms with E-state index in [1.54, 1.807) is 18.7 Å². The van der Waals surface area contributed by atoms with E-state index in [1.807, 2.05) is 6.92 Å². The average Bonchev–Trinajstić information content (AvgIpc) is 3.11. The number of carbonyl (C=O) groups excluding carboxylic acids is 1. The Hall–Kier alpha value is -2.71. The van der Waals surface area contributed by atoms with Gasteiger partial charge in [0.25, 0.3) is 0 Å². The Balaban J connectivity index is 1.97. The fourth-order valence-corrected chi connectivity index (χ4v) is 2.93. The number of aromatic nitrogens is 5. The molecule has 2 aromatic heterocycles. The third-order valence-corrected chi connectivity index (χ3v) is 4.13. The first kappa shape index (κ1) is 16.2. The van der Waals surface area contributed by atoms with Crippen molar-refractivity contribution in [2.75, 3.05) is 6.54 Å². The smallest absolute Gasteiger partial charge is 0.359 e. The van der Waals surface area contributed by atoms with Crippen molar-refractivity contribution in [2.24, 2.45) is 0 Å². The van der Waals surface area contributed by atoms with Gasteiger partial charge in [-0.2, -0.15) is 4.68 Å².